The van der Waals surface area contributed by atoms with Crippen LogP contribution in [0.5, 0.6) is 0 Å². The third-order valence-corrected chi connectivity index (χ3v) is 3.44. The van der Waals surface area contributed by atoms with Gasteiger partial charge in [-0.2, -0.15) is 4.98 Å². The Morgan fingerprint density at radius 2 is 2.00 bits per heavy atom. The van der Waals surface area contributed by atoms with E-state index in [2.05, 4.69) is 25.8 Å². The zero-order chi connectivity index (χ0) is 17.5. The van der Waals surface area contributed by atoms with Gasteiger partial charge in [-0.3, -0.25) is 4.79 Å². The van der Waals surface area contributed by atoms with Gasteiger partial charge in [0.2, 0.25) is 17.3 Å². The number of carbonyl (C=O) groups is 1. The number of H-pyrrole nitrogens is 1. The summed E-state index contributed by atoms with van der Waals surface area (Å²) in [5.41, 5.74) is 1.45. The zero-order valence-corrected chi connectivity index (χ0v) is 13.4. The minimum absolute atomic E-state index is 0.105. The molecule has 3 N–H and O–H groups in total. The highest BCUT2D eigenvalue weighted by molar-refractivity contribution is 5.73. The number of aromatic amines is 1. The molecule has 0 bridgehead atoms. The number of hydrogen-bond acceptors (Lipinski definition) is 5. The van der Waals surface area contributed by atoms with Crippen LogP contribution in [0.15, 0.2) is 58.0 Å². The van der Waals surface area contributed by atoms with Crippen LogP contribution in [0.1, 0.15) is 11.5 Å². The van der Waals surface area contributed by atoms with Crippen LogP contribution in [0.2, 0.25) is 0 Å². The molecule has 0 unspecified atom stereocenters. The van der Waals surface area contributed by atoms with Gasteiger partial charge in [-0.25, -0.2) is 4.79 Å². The predicted octanol–water partition coefficient (Wildman–Crippen LogP) is 1.47. The normalized spacial score (nSPS) is 10.4. The maximum atomic E-state index is 11.8. The van der Waals surface area contributed by atoms with Gasteiger partial charge in [-0.05, 0) is 18.1 Å². The highest BCUT2D eigenvalue weighted by Crippen LogP contribution is 2.12. The smallest absolute Gasteiger partial charge is 0.315 e. The molecule has 3 rings (SSSR count). The van der Waals surface area contributed by atoms with Gasteiger partial charge >= 0.3 is 6.03 Å². The topological polar surface area (TPSA) is 113 Å². The molecule has 2 heterocycles. The number of carbonyl (C=O) groups excluding carboxylic acids is 1. The molecule has 128 valence electrons. The molecule has 0 atom stereocenters. The van der Waals surface area contributed by atoms with Crippen LogP contribution in [0.3, 0.4) is 0 Å². The number of benzene rings is 1. The Balaban J connectivity index is 1.45. The molecular formula is C17H17N5O3. The SMILES string of the molecule is O=C(NCCc1ccccc1)NCc1nc(-c2cc[nH]c(=O)c2)no1. The molecule has 0 aliphatic heterocycles. The molecule has 1 aromatic carbocycles. The average Bonchev–Trinajstić information content (AvgIpc) is 3.10. The fourth-order valence-corrected chi connectivity index (χ4v) is 2.21. The lowest BCUT2D eigenvalue weighted by Crippen LogP contribution is -2.36. The first kappa shape index (κ1) is 16.4. The number of aromatic nitrogens is 3. The summed E-state index contributed by atoms with van der Waals surface area (Å²) < 4.78 is 5.07. The Morgan fingerprint density at radius 3 is 2.80 bits per heavy atom. The van der Waals surface area contributed by atoms with Crippen molar-refractivity contribution in [3.8, 4) is 11.4 Å². The summed E-state index contributed by atoms with van der Waals surface area (Å²) in [6, 6.07) is 12.6. The van der Waals surface area contributed by atoms with E-state index in [-0.39, 0.29) is 24.0 Å². The largest absolute Gasteiger partial charge is 0.338 e. The summed E-state index contributed by atoms with van der Waals surface area (Å²) in [7, 11) is 0. The molecule has 25 heavy (non-hydrogen) atoms. The van der Waals surface area contributed by atoms with E-state index >= 15 is 0 Å². The molecule has 0 saturated heterocycles. The minimum Gasteiger partial charge on any atom is -0.338 e. The number of rotatable bonds is 6. The first-order valence-electron chi connectivity index (χ1n) is 7.78. The van der Waals surface area contributed by atoms with E-state index in [0.717, 1.165) is 12.0 Å². The van der Waals surface area contributed by atoms with E-state index in [4.69, 9.17) is 4.52 Å². The molecule has 0 spiro atoms. The maximum absolute atomic E-state index is 11.8. The molecule has 2 amide bonds. The predicted molar refractivity (Wildman–Crippen MR) is 90.7 cm³/mol. The molecule has 8 heteroatoms. The maximum Gasteiger partial charge on any atom is 0.315 e. The summed E-state index contributed by atoms with van der Waals surface area (Å²) >= 11 is 0. The zero-order valence-electron chi connectivity index (χ0n) is 13.4. The van der Waals surface area contributed by atoms with Gasteiger partial charge in [-0.1, -0.05) is 35.5 Å². The van der Waals surface area contributed by atoms with Crippen LogP contribution in [-0.4, -0.2) is 27.7 Å². The van der Waals surface area contributed by atoms with Gasteiger partial charge in [-0.15, -0.1) is 0 Å². The number of amides is 2. The van der Waals surface area contributed by atoms with Crippen LogP contribution in [0.4, 0.5) is 4.79 Å². The van der Waals surface area contributed by atoms with E-state index in [9.17, 15) is 9.59 Å². The lowest BCUT2D eigenvalue weighted by molar-refractivity contribution is 0.238. The average molecular weight is 339 g/mol. The van der Waals surface area contributed by atoms with E-state index < -0.39 is 0 Å². The minimum atomic E-state index is -0.313. The van der Waals surface area contributed by atoms with Gasteiger partial charge in [0.15, 0.2) is 0 Å². The second-order valence-electron chi connectivity index (χ2n) is 5.30. The van der Waals surface area contributed by atoms with Crippen molar-refractivity contribution in [1.29, 1.82) is 0 Å². The van der Waals surface area contributed by atoms with Crippen molar-refractivity contribution in [2.24, 2.45) is 0 Å². The van der Waals surface area contributed by atoms with Crippen molar-refractivity contribution in [2.75, 3.05) is 6.54 Å². The van der Waals surface area contributed by atoms with Crippen molar-refractivity contribution in [3.05, 3.63) is 70.5 Å². The van der Waals surface area contributed by atoms with E-state index in [1.165, 1.54) is 12.3 Å². The van der Waals surface area contributed by atoms with Crippen LogP contribution < -0.4 is 16.2 Å². The standard InChI is InChI=1S/C17H17N5O3/c23-14-10-13(7-9-18-14)16-21-15(25-22-16)11-20-17(24)19-8-6-12-4-2-1-3-5-12/h1-5,7,9-10H,6,8,11H2,(H,18,23)(H2,19,20,24). The highest BCUT2D eigenvalue weighted by atomic mass is 16.5. The summed E-state index contributed by atoms with van der Waals surface area (Å²) in [5.74, 6) is 0.556. The van der Waals surface area contributed by atoms with E-state index in [1.54, 1.807) is 6.07 Å². The summed E-state index contributed by atoms with van der Waals surface area (Å²) in [6.07, 6.45) is 2.26. The van der Waals surface area contributed by atoms with E-state index in [0.29, 0.717) is 17.9 Å². The van der Waals surface area contributed by atoms with Crippen molar-refractivity contribution < 1.29 is 9.32 Å². The molecule has 0 aliphatic carbocycles. The molecule has 0 fully saturated rings. The summed E-state index contributed by atoms with van der Waals surface area (Å²) in [5, 5.41) is 9.21. The van der Waals surface area contributed by atoms with Crippen molar-refractivity contribution in [1.82, 2.24) is 25.8 Å². The van der Waals surface area contributed by atoms with Gasteiger partial charge in [0, 0.05) is 24.4 Å². The number of nitrogens with zero attached hydrogens (tertiary/aromatic N) is 2. The second-order valence-corrected chi connectivity index (χ2v) is 5.30. The third kappa shape index (κ3) is 4.77. The lowest BCUT2D eigenvalue weighted by Gasteiger charge is -2.05. The van der Waals surface area contributed by atoms with Crippen molar-refractivity contribution in [3.63, 3.8) is 0 Å². The first-order valence-corrected chi connectivity index (χ1v) is 7.78. The van der Waals surface area contributed by atoms with Crippen LogP contribution >= 0.6 is 0 Å². The first-order chi connectivity index (χ1) is 12.2. The fraction of sp³-hybridized carbons (Fsp3) is 0.176. The molecule has 0 aliphatic rings. The fourth-order valence-electron chi connectivity index (χ4n) is 2.21. The van der Waals surface area contributed by atoms with Gasteiger partial charge in [0.1, 0.15) is 0 Å². The number of hydrogen-bond donors (Lipinski definition) is 3. The Bertz CT molecular complexity index is 888. The van der Waals surface area contributed by atoms with E-state index in [1.807, 2.05) is 30.3 Å². The summed E-state index contributed by atoms with van der Waals surface area (Å²) in [6.45, 7) is 0.630. The molecule has 0 radical (unpaired) electrons. The van der Waals surface area contributed by atoms with Crippen molar-refractivity contribution >= 4 is 6.03 Å². The molecule has 2 aromatic heterocycles. The van der Waals surface area contributed by atoms with Gasteiger partial charge in [0.25, 0.3) is 0 Å². The Hall–Kier alpha value is -3.42. The van der Waals surface area contributed by atoms with Gasteiger partial charge < -0.3 is 20.1 Å². The molecule has 3 aromatic rings. The van der Waals surface area contributed by atoms with Gasteiger partial charge in [0.05, 0.1) is 6.54 Å². The molecule has 8 nitrogen and oxygen atoms in total. The third-order valence-electron chi connectivity index (χ3n) is 3.44. The Kier molecular flexibility index (Phi) is 5.20. The number of pyridine rings is 1. The Labute approximate surface area is 143 Å². The molecule has 0 saturated carbocycles. The molecular weight excluding hydrogens is 322 g/mol. The van der Waals surface area contributed by atoms with Crippen LogP contribution in [0.25, 0.3) is 11.4 Å². The highest BCUT2D eigenvalue weighted by Gasteiger charge is 2.10. The monoisotopic (exact) mass is 339 g/mol. The summed E-state index contributed by atoms with van der Waals surface area (Å²) in [4.78, 5) is 29.7. The second kappa shape index (κ2) is 7.91. The van der Waals surface area contributed by atoms with Crippen LogP contribution in [0, 0.1) is 0 Å². The van der Waals surface area contributed by atoms with Crippen LogP contribution in [-0.2, 0) is 13.0 Å². The number of urea groups is 1. The Morgan fingerprint density at radius 1 is 1.16 bits per heavy atom. The van der Waals surface area contributed by atoms with Crippen molar-refractivity contribution in [2.45, 2.75) is 13.0 Å². The number of nitrogens with one attached hydrogen (secondary N) is 3. The lowest BCUT2D eigenvalue weighted by atomic mass is 10.1. The quantitative estimate of drug-likeness (QED) is 0.629.